The summed E-state index contributed by atoms with van der Waals surface area (Å²) in [6.45, 7) is 0.468. The van der Waals surface area contributed by atoms with Gasteiger partial charge < -0.3 is 4.74 Å². The molecule has 0 aliphatic carbocycles. The molecule has 14 heavy (non-hydrogen) atoms. The third-order valence-electron chi connectivity index (χ3n) is 2.35. The van der Waals surface area contributed by atoms with Crippen molar-refractivity contribution in [2.75, 3.05) is 6.61 Å². The molecule has 0 saturated carbocycles. The number of carbonyl (C=O) groups excluding carboxylic acids is 1. The highest BCUT2D eigenvalue weighted by Gasteiger charge is 2.23. The summed E-state index contributed by atoms with van der Waals surface area (Å²) in [7, 11) is 0. The second kappa shape index (κ2) is 3.78. The first-order valence-corrected chi connectivity index (χ1v) is 4.64. The standard InChI is InChI=1S/C11H11FO2/c12-10-3-1-2-8(5-10)4-9-6-11(13)14-7-9/h1-3,5,9H,4,6-7H2/t9-/m0/s1. The van der Waals surface area contributed by atoms with E-state index in [1.807, 2.05) is 6.07 Å². The van der Waals surface area contributed by atoms with Crippen LogP contribution >= 0.6 is 0 Å². The normalized spacial score (nSPS) is 20.9. The smallest absolute Gasteiger partial charge is 0.306 e. The molecular formula is C11H11FO2. The maximum atomic E-state index is 12.8. The highest BCUT2D eigenvalue weighted by Crippen LogP contribution is 2.19. The molecule has 1 aromatic carbocycles. The Kier molecular flexibility index (Phi) is 2.48. The van der Waals surface area contributed by atoms with Gasteiger partial charge in [-0.25, -0.2) is 4.39 Å². The van der Waals surface area contributed by atoms with E-state index in [9.17, 15) is 9.18 Å². The van der Waals surface area contributed by atoms with Crippen LogP contribution in [0.25, 0.3) is 0 Å². The first-order chi connectivity index (χ1) is 6.74. The predicted molar refractivity (Wildman–Crippen MR) is 49.2 cm³/mol. The van der Waals surface area contributed by atoms with Gasteiger partial charge in [-0.1, -0.05) is 12.1 Å². The molecule has 0 aromatic heterocycles. The van der Waals surface area contributed by atoms with Crippen LogP contribution < -0.4 is 0 Å². The topological polar surface area (TPSA) is 26.3 Å². The van der Waals surface area contributed by atoms with Crippen LogP contribution in [0.5, 0.6) is 0 Å². The van der Waals surface area contributed by atoms with E-state index in [-0.39, 0.29) is 17.7 Å². The van der Waals surface area contributed by atoms with Crippen molar-refractivity contribution in [2.24, 2.45) is 5.92 Å². The fourth-order valence-corrected chi connectivity index (χ4v) is 1.69. The Balaban J connectivity index is 2.00. The maximum absolute atomic E-state index is 12.8. The summed E-state index contributed by atoms with van der Waals surface area (Å²) in [5.41, 5.74) is 0.924. The third-order valence-corrected chi connectivity index (χ3v) is 2.35. The SMILES string of the molecule is O=C1C[C@H](Cc2cccc(F)c2)CO1. The molecule has 1 aliphatic heterocycles. The van der Waals surface area contributed by atoms with E-state index in [0.29, 0.717) is 19.4 Å². The lowest BCUT2D eigenvalue weighted by Gasteiger charge is -2.05. The van der Waals surface area contributed by atoms with Gasteiger partial charge in [-0.3, -0.25) is 4.79 Å². The van der Waals surface area contributed by atoms with Crippen molar-refractivity contribution < 1.29 is 13.9 Å². The van der Waals surface area contributed by atoms with Crippen molar-refractivity contribution in [1.29, 1.82) is 0 Å². The fraction of sp³-hybridized carbons (Fsp3) is 0.364. The van der Waals surface area contributed by atoms with Crippen LogP contribution in [0.1, 0.15) is 12.0 Å². The first kappa shape index (κ1) is 9.19. The molecule has 0 unspecified atom stereocenters. The summed E-state index contributed by atoms with van der Waals surface area (Å²) in [5.74, 6) is -0.163. The van der Waals surface area contributed by atoms with E-state index < -0.39 is 0 Å². The molecule has 2 rings (SSSR count). The van der Waals surface area contributed by atoms with Crippen molar-refractivity contribution in [3.63, 3.8) is 0 Å². The predicted octanol–water partition coefficient (Wildman–Crippen LogP) is 1.93. The lowest BCUT2D eigenvalue weighted by molar-refractivity contribution is -0.137. The van der Waals surface area contributed by atoms with Gasteiger partial charge in [0.2, 0.25) is 0 Å². The second-order valence-corrected chi connectivity index (χ2v) is 3.59. The van der Waals surface area contributed by atoms with Crippen LogP contribution in [0.3, 0.4) is 0 Å². The quantitative estimate of drug-likeness (QED) is 0.672. The van der Waals surface area contributed by atoms with Crippen LogP contribution in [-0.4, -0.2) is 12.6 Å². The number of rotatable bonds is 2. The molecule has 2 nitrogen and oxygen atoms in total. The van der Waals surface area contributed by atoms with E-state index in [1.165, 1.54) is 12.1 Å². The first-order valence-electron chi connectivity index (χ1n) is 4.64. The van der Waals surface area contributed by atoms with Crippen molar-refractivity contribution in [1.82, 2.24) is 0 Å². The summed E-state index contributed by atoms with van der Waals surface area (Å²) < 4.78 is 17.7. The second-order valence-electron chi connectivity index (χ2n) is 3.59. The van der Waals surface area contributed by atoms with Gasteiger partial charge in [0.05, 0.1) is 13.0 Å². The molecule has 0 radical (unpaired) electrons. The zero-order chi connectivity index (χ0) is 9.97. The largest absolute Gasteiger partial charge is 0.465 e. The van der Waals surface area contributed by atoms with Gasteiger partial charge in [-0.15, -0.1) is 0 Å². The molecule has 1 heterocycles. The molecule has 0 bridgehead atoms. The average Bonchev–Trinajstić information content (AvgIpc) is 2.51. The molecule has 3 heteroatoms. The molecule has 0 amide bonds. The Hall–Kier alpha value is -1.38. The van der Waals surface area contributed by atoms with Crippen molar-refractivity contribution in [3.05, 3.63) is 35.6 Å². The third kappa shape index (κ3) is 2.10. The number of benzene rings is 1. The number of ether oxygens (including phenoxy) is 1. The molecular weight excluding hydrogens is 183 g/mol. The summed E-state index contributed by atoms with van der Waals surface area (Å²) in [5, 5.41) is 0. The number of carbonyl (C=O) groups is 1. The van der Waals surface area contributed by atoms with Gasteiger partial charge >= 0.3 is 5.97 Å². The number of halogens is 1. The van der Waals surface area contributed by atoms with E-state index >= 15 is 0 Å². The Morgan fingerprint density at radius 3 is 3.00 bits per heavy atom. The number of hydrogen-bond donors (Lipinski definition) is 0. The van der Waals surface area contributed by atoms with E-state index in [4.69, 9.17) is 4.74 Å². The number of hydrogen-bond acceptors (Lipinski definition) is 2. The highest BCUT2D eigenvalue weighted by molar-refractivity contribution is 5.71. The summed E-state index contributed by atoms with van der Waals surface area (Å²) in [6.07, 6.45) is 1.17. The minimum absolute atomic E-state index is 0.147. The summed E-state index contributed by atoms with van der Waals surface area (Å²) in [4.78, 5) is 10.8. The zero-order valence-electron chi connectivity index (χ0n) is 7.70. The monoisotopic (exact) mass is 194 g/mol. The van der Waals surface area contributed by atoms with Crippen LogP contribution in [-0.2, 0) is 16.0 Å². The lowest BCUT2D eigenvalue weighted by atomic mass is 9.99. The van der Waals surface area contributed by atoms with E-state index in [2.05, 4.69) is 0 Å². The minimum atomic E-state index is -0.229. The van der Waals surface area contributed by atoms with Crippen molar-refractivity contribution in [2.45, 2.75) is 12.8 Å². The molecule has 0 N–H and O–H groups in total. The Morgan fingerprint density at radius 2 is 2.36 bits per heavy atom. The highest BCUT2D eigenvalue weighted by atomic mass is 19.1. The summed E-state index contributed by atoms with van der Waals surface area (Å²) in [6, 6.07) is 6.47. The molecule has 74 valence electrons. The van der Waals surface area contributed by atoms with E-state index in [1.54, 1.807) is 6.07 Å². The van der Waals surface area contributed by atoms with Gasteiger partial charge in [-0.2, -0.15) is 0 Å². The molecule has 1 atom stereocenters. The summed E-state index contributed by atoms with van der Waals surface area (Å²) >= 11 is 0. The number of esters is 1. The molecule has 1 fully saturated rings. The Labute approximate surface area is 81.7 Å². The van der Waals surface area contributed by atoms with Crippen LogP contribution in [0.2, 0.25) is 0 Å². The fourth-order valence-electron chi connectivity index (χ4n) is 1.69. The Morgan fingerprint density at radius 1 is 1.50 bits per heavy atom. The van der Waals surface area contributed by atoms with Crippen LogP contribution in [0.4, 0.5) is 4.39 Å². The van der Waals surface area contributed by atoms with Gasteiger partial charge in [0.1, 0.15) is 5.82 Å². The zero-order valence-corrected chi connectivity index (χ0v) is 7.70. The molecule has 0 spiro atoms. The van der Waals surface area contributed by atoms with Crippen molar-refractivity contribution in [3.8, 4) is 0 Å². The van der Waals surface area contributed by atoms with Crippen molar-refractivity contribution >= 4 is 5.97 Å². The Bertz CT molecular complexity index is 349. The minimum Gasteiger partial charge on any atom is -0.465 e. The van der Waals surface area contributed by atoms with E-state index in [0.717, 1.165) is 5.56 Å². The molecule has 1 aliphatic rings. The van der Waals surface area contributed by atoms with Gasteiger partial charge in [0, 0.05) is 5.92 Å². The number of cyclic esters (lactones) is 1. The van der Waals surface area contributed by atoms with Gasteiger partial charge in [0.15, 0.2) is 0 Å². The average molecular weight is 194 g/mol. The lowest BCUT2D eigenvalue weighted by Crippen LogP contribution is -2.03. The van der Waals surface area contributed by atoms with Crippen LogP contribution in [0.15, 0.2) is 24.3 Å². The van der Waals surface area contributed by atoms with Gasteiger partial charge in [-0.05, 0) is 24.1 Å². The molecule has 1 saturated heterocycles. The maximum Gasteiger partial charge on any atom is 0.306 e. The van der Waals surface area contributed by atoms with Gasteiger partial charge in [0.25, 0.3) is 0 Å². The van der Waals surface area contributed by atoms with Crippen LogP contribution in [0, 0.1) is 11.7 Å². The molecule has 1 aromatic rings.